The molecule has 1 aromatic carbocycles. The number of likely N-dealkylation sites (N-methyl/N-ethyl adjacent to an activating group) is 1. The highest BCUT2D eigenvalue weighted by atomic mass is 35.5. The van der Waals surface area contributed by atoms with E-state index in [0.717, 1.165) is 29.9 Å². The minimum Gasteiger partial charge on any atom is -0.334 e. The molecule has 2 aromatic rings. The van der Waals surface area contributed by atoms with E-state index < -0.39 is 5.54 Å². The van der Waals surface area contributed by atoms with Gasteiger partial charge in [-0.05, 0) is 63.0 Å². The van der Waals surface area contributed by atoms with Crippen molar-refractivity contribution in [1.82, 2.24) is 20.0 Å². The Labute approximate surface area is 171 Å². The Morgan fingerprint density at radius 1 is 1.25 bits per heavy atom. The number of carbonyl (C=O) groups excluding carboxylic acids is 2. The van der Waals surface area contributed by atoms with Gasteiger partial charge in [-0.25, -0.2) is 0 Å². The molecule has 28 heavy (non-hydrogen) atoms. The van der Waals surface area contributed by atoms with E-state index in [-0.39, 0.29) is 30.8 Å². The van der Waals surface area contributed by atoms with Crippen LogP contribution in [0.2, 0.25) is 0 Å². The van der Waals surface area contributed by atoms with E-state index in [1.165, 1.54) is 4.90 Å². The predicted molar refractivity (Wildman–Crippen MR) is 112 cm³/mol. The van der Waals surface area contributed by atoms with Crippen molar-refractivity contribution < 1.29 is 9.59 Å². The van der Waals surface area contributed by atoms with Gasteiger partial charge in [-0.15, -0.1) is 12.4 Å². The lowest BCUT2D eigenvalue weighted by Gasteiger charge is -2.39. The number of nitrogens with zero attached hydrogens (tertiary/aromatic N) is 3. The Hall–Kier alpha value is -2.38. The molecule has 2 amide bonds. The van der Waals surface area contributed by atoms with E-state index in [2.05, 4.69) is 15.7 Å². The van der Waals surface area contributed by atoms with Crippen molar-refractivity contribution in [1.29, 1.82) is 0 Å². The molecule has 0 atom stereocenters. The third-order valence-electron chi connectivity index (χ3n) is 5.38. The molecule has 8 heteroatoms. The average Bonchev–Trinajstić information content (AvgIpc) is 3.20. The smallest absolute Gasteiger partial charge is 0.250 e. The van der Waals surface area contributed by atoms with Gasteiger partial charge in [-0.2, -0.15) is 5.10 Å². The van der Waals surface area contributed by atoms with E-state index in [0.29, 0.717) is 12.8 Å². The molecule has 152 valence electrons. The fourth-order valence-electron chi connectivity index (χ4n) is 3.62. The fraction of sp³-hybridized carbons (Fsp3) is 0.450. The van der Waals surface area contributed by atoms with E-state index in [9.17, 15) is 9.59 Å². The van der Waals surface area contributed by atoms with Crippen LogP contribution in [0.5, 0.6) is 0 Å². The number of hydrogen-bond donors (Lipinski definition) is 2. The largest absolute Gasteiger partial charge is 0.334 e. The maximum Gasteiger partial charge on any atom is 0.250 e. The summed E-state index contributed by atoms with van der Waals surface area (Å²) in [5.41, 5.74) is 2.20. The zero-order valence-corrected chi connectivity index (χ0v) is 17.4. The van der Waals surface area contributed by atoms with Crippen LogP contribution >= 0.6 is 12.4 Å². The van der Waals surface area contributed by atoms with Crippen LogP contribution < -0.4 is 10.6 Å². The average molecular weight is 406 g/mol. The monoisotopic (exact) mass is 405 g/mol. The zero-order chi connectivity index (χ0) is 19.4. The highest BCUT2D eigenvalue weighted by Crippen LogP contribution is 2.29. The summed E-state index contributed by atoms with van der Waals surface area (Å²) >= 11 is 0. The molecule has 0 spiro atoms. The summed E-state index contributed by atoms with van der Waals surface area (Å²) in [5, 5.41) is 10.5. The Bertz CT molecular complexity index is 816. The van der Waals surface area contributed by atoms with Crippen LogP contribution in [0.4, 0.5) is 5.69 Å². The van der Waals surface area contributed by atoms with Gasteiger partial charge in [0, 0.05) is 25.1 Å². The van der Waals surface area contributed by atoms with Crippen molar-refractivity contribution in [2.75, 3.05) is 32.0 Å². The van der Waals surface area contributed by atoms with Crippen molar-refractivity contribution in [2.24, 2.45) is 0 Å². The number of halogens is 1. The molecule has 1 aromatic heterocycles. The maximum absolute atomic E-state index is 13.3. The molecule has 3 rings (SSSR count). The number of amides is 2. The van der Waals surface area contributed by atoms with Crippen LogP contribution in [-0.4, -0.2) is 53.2 Å². The molecule has 0 radical (unpaired) electrons. The quantitative estimate of drug-likeness (QED) is 0.798. The molecule has 0 aliphatic carbocycles. The molecule has 0 unspecified atom stereocenters. The van der Waals surface area contributed by atoms with Crippen LogP contribution in [0.1, 0.15) is 24.0 Å². The van der Waals surface area contributed by atoms with Gasteiger partial charge in [0.15, 0.2) is 0 Å². The number of hydrogen-bond acceptors (Lipinski definition) is 4. The predicted octanol–water partition coefficient (Wildman–Crippen LogP) is 2.10. The fourth-order valence-corrected chi connectivity index (χ4v) is 3.62. The molecule has 0 saturated carbocycles. The van der Waals surface area contributed by atoms with Crippen molar-refractivity contribution in [3.63, 3.8) is 0 Å². The number of rotatable bonds is 5. The minimum atomic E-state index is -0.733. The second kappa shape index (κ2) is 9.21. The van der Waals surface area contributed by atoms with E-state index in [1.807, 2.05) is 44.3 Å². The number of benzene rings is 1. The second-order valence-electron chi connectivity index (χ2n) is 7.19. The number of aromatic nitrogens is 2. The Balaban J connectivity index is 0.00000280. The minimum absolute atomic E-state index is 0. The van der Waals surface area contributed by atoms with Crippen LogP contribution in [-0.2, 0) is 15.1 Å². The van der Waals surface area contributed by atoms with Crippen LogP contribution in [0.25, 0.3) is 0 Å². The lowest BCUT2D eigenvalue weighted by atomic mass is 9.87. The molecule has 1 aliphatic rings. The van der Waals surface area contributed by atoms with Crippen LogP contribution in [0, 0.1) is 13.8 Å². The highest BCUT2D eigenvalue weighted by Gasteiger charge is 2.43. The number of aryl methyl sites for hydroxylation is 1. The summed E-state index contributed by atoms with van der Waals surface area (Å²) in [6.45, 7) is 5.47. The van der Waals surface area contributed by atoms with Gasteiger partial charge in [0.05, 0.1) is 6.54 Å². The van der Waals surface area contributed by atoms with Gasteiger partial charge in [-0.1, -0.05) is 12.1 Å². The number of carbonyl (C=O) groups is 2. The van der Waals surface area contributed by atoms with E-state index in [1.54, 1.807) is 17.9 Å². The molecule has 0 bridgehead atoms. The van der Waals surface area contributed by atoms with Gasteiger partial charge in [0.1, 0.15) is 5.54 Å². The maximum atomic E-state index is 13.3. The summed E-state index contributed by atoms with van der Waals surface area (Å²) in [6, 6.07) is 7.62. The molecule has 1 aliphatic heterocycles. The second-order valence-corrected chi connectivity index (χ2v) is 7.19. The molecular weight excluding hydrogens is 378 g/mol. The highest BCUT2D eigenvalue weighted by molar-refractivity contribution is 5.96. The summed E-state index contributed by atoms with van der Waals surface area (Å²) < 4.78 is 1.75. The Morgan fingerprint density at radius 2 is 1.96 bits per heavy atom. The van der Waals surface area contributed by atoms with Crippen LogP contribution in [0.15, 0.2) is 36.7 Å². The van der Waals surface area contributed by atoms with Gasteiger partial charge in [-0.3, -0.25) is 14.3 Å². The van der Waals surface area contributed by atoms with Gasteiger partial charge in [0.2, 0.25) is 5.91 Å². The molecule has 1 fully saturated rings. The van der Waals surface area contributed by atoms with Gasteiger partial charge < -0.3 is 15.5 Å². The summed E-state index contributed by atoms with van der Waals surface area (Å²) in [7, 11) is 1.68. The zero-order valence-electron chi connectivity index (χ0n) is 16.6. The first kappa shape index (κ1) is 21.9. The lowest BCUT2D eigenvalue weighted by molar-refractivity contribution is -0.143. The van der Waals surface area contributed by atoms with Crippen molar-refractivity contribution >= 4 is 29.9 Å². The molecule has 7 nitrogen and oxygen atoms in total. The van der Waals surface area contributed by atoms with E-state index >= 15 is 0 Å². The summed E-state index contributed by atoms with van der Waals surface area (Å²) in [5.74, 6) is -0.284. The summed E-state index contributed by atoms with van der Waals surface area (Å²) in [4.78, 5) is 27.3. The summed E-state index contributed by atoms with van der Waals surface area (Å²) in [6.07, 6.45) is 4.81. The lowest BCUT2D eigenvalue weighted by Crippen LogP contribution is -2.55. The first-order valence-electron chi connectivity index (χ1n) is 9.26. The topological polar surface area (TPSA) is 79.3 Å². The third-order valence-corrected chi connectivity index (χ3v) is 5.38. The normalized spacial score (nSPS) is 15.4. The van der Waals surface area contributed by atoms with Crippen LogP contribution in [0.3, 0.4) is 0 Å². The van der Waals surface area contributed by atoms with Crippen molar-refractivity contribution in [2.45, 2.75) is 32.2 Å². The number of nitrogens with one attached hydrogen (secondary N) is 2. The first-order chi connectivity index (χ1) is 12.9. The third kappa shape index (κ3) is 4.36. The van der Waals surface area contributed by atoms with Crippen molar-refractivity contribution in [3.8, 4) is 0 Å². The van der Waals surface area contributed by atoms with Gasteiger partial charge >= 0.3 is 0 Å². The molecule has 1 saturated heterocycles. The number of piperidine rings is 1. The SMILES string of the molecule is Cc1cccc(NC(=O)CN(C)C(=O)C2(n3cccn3)CCNCC2)c1C.Cl. The Kier molecular flexibility index (Phi) is 7.21. The molecular formula is C20H28ClN5O2. The molecule has 2 heterocycles. The standard InChI is InChI=1S/C20H27N5O2.ClH/c1-15-6-4-7-17(16(15)2)23-18(26)14-24(3)19(27)20(8-11-21-12-9-20)25-13-5-10-22-25;/h4-7,10,13,21H,8-9,11-12,14H2,1-3H3,(H,23,26);1H. The van der Waals surface area contributed by atoms with Crippen molar-refractivity contribution in [3.05, 3.63) is 47.8 Å². The van der Waals surface area contributed by atoms with Gasteiger partial charge in [0.25, 0.3) is 5.91 Å². The Morgan fingerprint density at radius 3 is 2.61 bits per heavy atom. The first-order valence-corrected chi connectivity index (χ1v) is 9.26. The van der Waals surface area contributed by atoms with E-state index in [4.69, 9.17) is 0 Å². The molecule has 2 N–H and O–H groups in total. The number of anilines is 1.